The first-order valence-electron chi connectivity index (χ1n) is 5.24. The van der Waals surface area contributed by atoms with E-state index in [1.165, 1.54) is 18.5 Å². The highest BCUT2D eigenvalue weighted by Gasteiger charge is 2.35. The zero-order valence-electron chi connectivity index (χ0n) is 9.06. The van der Waals surface area contributed by atoms with Crippen LogP contribution in [0.2, 0.25) is 0 Å². The van der Waals surface area contributed by atoms with Crippen molar-refractivity contribution in [2.24, 2.45) is 0 Å². The van der Waals surface area contributed by atoms with Gasteiger partial charge in [0.15, 0.2) is 0 Å². The average molecular weight is 321 g/mol. The number of halogens is 1. The lowest BCUT2D eigenvalue weighted by atomic mass is 9.81. The number of sulfonamides is 1. The SMILES string of the molecule is O=S(=O)(NCC1(O)CCC1)c1cncc(Br)c1. The zero-order valence-corrected chi connectivity index (χ0v) is 11.5. The summed E-state index contributed by atoms with van der Waals surface area (Å²) in [7, 11) is -3.59. The molecule has 0 bridgehead atoms. The Morgan fingerprint density at radius 1 is 1.47 bits per heavy atom. The molecule has 1 aliphatic rings. The van der Waals surface area contributed by atoms with E-state index in [1.54, 1.807) is 0 Å². The van der Waals surface area contributed by atoms with Crippen molar-refractivity contribution in [3.8, 4) is 0 Å². The molecular formula is C10H13BrN2O3S. The van der Waals surface area contributed by atoms with E-state index in [9.17, 15) is 13.5 Å². The highest BCUT2D eigenvalue weighted by molar-refractivity contribution is 9.10. The third-order valence-electron chi connectivity index (χ3n) is 2.87. The molecule has 1 fully saturated rings. The first kappa shape index (κ1) is 12.9. The van der Waals surface area contributed by atoms with Crippen molar-refractivity contribution in [1.82, 2.24) is 9.71 Å². The lowest BCUT2D eigenvalue weighted by Crippen LogP contribution is -2.47. The van der Waals surface area contributed by atoms with Gasteiger partial charge < -0.3 is 5.11 Å². The summed E-state index contributed by atoms with van der Waals surface area (Å²) >= 11 is 3.17. The van der Waals surface area contributed by atoms with Gasteiger partial charge in [-0.05, 0) is 41.3 Å². The zero-order chi connectivity index (χ0) is 12.5. The molecule has 2 N–H and O–H groups in total. The van der Waals surface area contributed by atoms with Crippen molar-refractivity contribution in [3.63, 3.8) is 0 Å². The van der Waals surface area contributed by atoms with Crippen molar-refractivity contribution < 1.29 is 13.5 Å². The van der Waals surface area contributed by atoms with E-state index in [0.29, 0.717) is 17.3 Å². The number of aromatic nitrogens is 1. The van der Waals surface area contributed by atoms with Crippen LogP contribution in [0.1, 0.15) is 19.3 Å². The van der Waals surface area contributed by atoms with Crippen LogP contribution >= 0.6 is 15.9 Å². The number of hydrogen-bond donors (Lipinski definition) is 2. The molecule has 0 radical (unpaired) electrons. The maximum absolute atomic E-state index is 11.9. The van der Waals surface area contributed by atoms with Gasteiger partial charge in [0.2, 0.25) is 10.0 Å². The molecule has 0 aromatic carbocycles. The van der Waals surface area contributed by atoms with Crippen LogP contribution in [0, 0.1) is 0 Å². The molecule has 7 heteroatoms. The Kier molecular flexibility index (Phi) is 3.53. The van der Waals surface area contributed by atoms with Crippen LogP contribution in [0.3, 0.4) is 0 Å². The molecule has 0 aliphatic heterocycles. The lowest BCUT2D eigenvalue weighted by molar-refractivity contribution is -0.0270. The topological polar surface area (TPSA) is 79.3 Å². The van der Waals surface area contributed by atoms with Crippen molar-refractivity contribution in [3.05, 3.63) is 22.9 Å². The molecule has 0 spiro atoms. The van der Waals surface area contributed by atoms with E-state index in [2.05, 4.69) is 25.6 Å². The largest absolute Gasteiger partial charge is 0.389 e. The van der Waals surface area contributed by atoms with E-state index in [4.69, 9.17) is 0 Å². The highest BCUT2D eigenvalue weighted by Crippen LogP contribution is 2.31. The minimum absolute atomic E-state index is 0.0574. The molecule has 1 aromatic heterocycles. The molecule has 0 saturated heterocycles. The number of pyridine rings is 1. The molecule has 1 aromatic rings. The smallest absolute Gasteiger partial charge is 0.242 e. The maximum Gasteiger partial charge on any atom is 0.242 e. The predicted molar refractivity (Wildman–Crippen MR) is 65.9 cm³/mol. The minimum atomic E-state index is -3.59. The van der Waals surface area contributed by atoms with Gasteiger partial charge in [-0.25, -0.2) is 13.1 Å². The Morgan fingerprint density at radius 3 is 2.71 bits per heavy atom. The van der Waals surface area contributed by atoms with Gasteiger partial charge >= 0.3 is 0 Å². The van der Waals surface area contributed by atoms with Crippen LogP contribution in [-0.2, 0) is 10.0 Å². The van der Waals surface area contributed by atoms with E-state index in [1.807, 2.05) is 0 Å². The normalized spacial score (nSPS) is 18.7. The number of rotatable bonds is 4. The van der Waals surface area contributed by atoms with E-state index in [-0.39, 0.29) is 11.4 Å². The molecule has 94 valence electrons. The Hall–Kier alpha value is -0.500. The monoisotopic (exact) mass is 320 g/mol. The van der Waals surface area contributed by atoms with Crippen LogP contribution in [0.25, 0.3) is 0 Å². The van der Waals surface area contributed by atoms with Gasteiger partial charge in [0.1, 0.15) is 4.90 Å². The number of aliphatic hydroxyl groups is 1. The molecule has 0 unspecified atom stereocenters. The van der Waals surface area contributed by atoms with Crippen LogP contribution < -0.4 is 4.72 Å². The molecule has 1 saturated carbocycles. The van der Waals surface area contributed by atoms with Crippen molar-refractivity contribution in [2.45, 2.75) is 29.8 Å². The van der Waals surface area contributed by atoms with Gasteiger partial charge in [-0.3, -0.25) is 4.98 Å². The second-order valence-corrected chi connectivity index (χ2v) is 6.92. The fraction of sp³-hybridized carbons (Fsp3) is 0.500. The second kappa shape index (κ2) is 4.64. The van der Waals surface area contributed by atoms with Gasteiger partial charge in [-0.2, -0.15) is 0 Å². The third-order valence-corrected chi connectivity index (χ3v) is 4.67. The molecule has 0 amide bonds. The highest BCUT2D eigenvalue weighted by atomic mass is 79.9. The molecule has 2 rings (SSSR count). The Labute approximate surface area is 108 Å². The predicted octanol–water partition coefficient (Wildman–Crippen LogP) is 1.04. The summed E-state index contributed by atoms with van der Waals surface area (Å²) in [4.78, 5) is 3.89. The van der Waals surface area contributed by atoms with E-state index < -0.39 is 15.6 Å². The average Bonchev–Trinajstić information content (AvgIpc) is 2.24. The van der Waals surface area contributed by atoms with Gasteiger partial charge in [0, 0.05) is 23.4 Å². The minimum Gasteiger partial charge on any atom is -0.389 e. The maximum atomic E-state index is 11.9. The van der Waals surface area contributed by atoms with Crippen LogP contribution in [0.5, 0.6) is 0 Å². The summed E-state index contributed by atoms with van der Waals surface area (Å²) in [5.74, 6) is 0. The first-order chi connectivity index (χ1) is 7.91. The lowest BCUT2D eigenvalue weighted by Gasteiger charge is -2.36. The second-order valence-electron chi connectivity index (χ2n) is 4.24. The van der Waals surface area contributed by atoms with Gasteiger partial charge in [0.25, 0.3) is 0 Å². The van der Waals surface area contributed by atoms with Crippen molar-refractivity contribution in [1.29, 1.82) is 0 Å². The Bertz CT molecular complexity index is 514. The Balaban J connectivity index is 2.08. The molecule has 1 aliphatic carbocycles. The Morgan fingerprint density at radius 2 is 2.18 bits per heavy atom. The quantitative estimate of drug-likeness (QED) is 0.868. The number of nitrogens with zero attached hydrogens (tertiary/aromatic N) is 1. The molecule has 17 heavy (non-hydrogen) atoms. The van der Waals surface area contributed by atoms with Crippen LogP contribution in [0.4, 0.5) is 0 Å². The standard InChI is InChI=1S/C10H13BrN2O3S/c11-8-4-9(6-12-5-8)17(15,16)13-7-10(14)2-1-3-10/h4-6,13-14H,1-3,7H2. The third kappa shape index (κ3) is 3.04. The van der Waals surface area contributed by atoms with Crippen molar-refractivity contribution >= 4 is 26.0 Å². The number of nitrogens with one attached hydrogen (secondary N) is 1. The summed E-state index contributed by atoms with van der Waals surface area (Å²) in [6, 6.07) is 1.47. The van der Waals surface area contributed by atoms with Gasteiger partial charge in [-0.15, -0.1) is 0 Å². The molecule has 5 nitrogen and oxygen atoms in total. The van der Waals surface area contributed by atoms with Gasteiger partial charge in [-0.1, -0.05) is 0 Å². The molecule has 1 heterocycles. The van der Waals surface area contributed by atoms with Gasteiger partial charge in [0.05, 0.1) is 5.60 Å². The molecule has 0 atom stereocenters. The summed E-state index contributed by atoms with van der Waals surface area (Å²) in [5.41, 5.74) is -0.869. The summed E-state index contributed by atoms with van der Waals surface area (Å²) in [6.07, 6.45) is 5.02. The van der Waals surface area contributed by atoms with Crippen LogP contribution in [0.15, 0.2) is 27.8 Å². The fourth-order valence-electron chi connectivity index (χ4n) is 1.61. The van der Waals surface area contributed by atoms with E-state index >= 15 is 0 Å². The van der Waals surface area contributed by atoms with Crippen LogP contribution in [-0.4, -0.2) is 30.7 Å². The molecular weight excluding hydrogens is 308 g/mol. The summed E-state index contributed by atoms with van der Waals surface area (Å²) in [5, 5.41) is 9.82. The summed E-state index contributed by atoms with van der Waals surface area (Å²) < 4.78 is 26.8. The van der Waals surface area contributed by atoms with Crippen molar-refractivity contribution in [2.75, 3.05) is 6.54 Å². The first-order valence-corrected chi connectivity index (χ1v) is 7.52. The summed E-state index contributed by atoms with van der Waals surface area (Å²) in [6.45, 7) is 0.0574. The fourth-order valence-corrected chi connectivity index (χ4v) is 3.24. The van der Waals surface area contributed by atoms with E-state index in [0.717, 1.165) is 6.42 Å². The number of hydrogen-bond acceptors (Lipinski definition) is 4.